The quantitative estimate of drug-likeness (QED) is 0.638. The Balaban J connectivity index is 1.66. The molecule has 2 N–H and O–H groups in total. The molecular weight excluding hydrogens is 344 g/mol. The number of allylic oxidation sites excluding steroid dienone is 4. The van der Waals surface area contributed by atoms with Crippen LogP contribution in [0.1, 0.15) is 66.7 Å². The molecule has 2 unspecified atom stereocenters. The van der Waals surface area contributed by atoms with Crippen LogP contribution >= 0.6 is 0 Å². The van der Waals surface area contributed by atoms with Crippen molar-refractivity contribution in [2.24, 2.45) is 5.92 Å². The molecule has 0 aromatic heterocycles. The van der Waals surface area contributed by atoms with E-state index in [9.17, 15) is 10.2 Å². The number of rotatable bonds is 8. The molecule has 4 rings (SSSR count). The predicted octanol–water partition coefficient (Wildman–Crippen LogP) is 5.53. The molecule has 28 heavy (non-hydrogen) atoms. The van der Waals surface area contributed by atoms with Crippen molar-refractivity contribution in [2.45, 2.75) is 44.4 Å². The summed E-state index contributed by atoms with van der Waals surface area (Å²) < 4.78 is 0. The van der Waals surface area contributed by atoms with Crippen molar-refractivity contribution in [2.75, 3.05) is 13.2 Å². The summed E-state index contributed by atoms with van der Waals surface area (Å²) in [6.07, 6.45) is 8.42. The van der Waals surface area contributed by atoms with E-state index in [-0.39, 0.29) is 13.2 Å². The van der Waals surface area contributed by atoms with Gasteiger partial charge in [0.1, 0.15) is 0 Å². The zero-order chi connectivity index (χ0) is 19.5. The third kappa shape index (κ3) is 3.47. The Bertz CT molecular complexity index is 819. The normalized spacial score (nSPS) is 21.1. The second-order valence-electron chi connectivity index (χ2n) is 8.12. The van der Waals surface area contributed by atoms with E-state index < -0.39 is 0 Å². The van der Waals surface area contributed by atoms with Crippen LogP contribution < -0.4 is 0 Å². The molecule has 2 atom stereocenters. The van der Waals surface area contributed by atoms with Crippen LogP contribution in [0.5, 0.6) is 0 Å². The molecule has 0 fully saturated rings. The first-order chi connectivity index (χ1) is 13.7. The minimum atomic E-state index is 0.243. The Morgan fingerprint density at radius 3 is 1.57 bits per heavy atom. The smallest absolute Gasteiger partial charge is 0.0434 e. The van der Waals surface area contributed by atoms with Gasteiger partial charge >= 0.3 is 0 Å². The second kappa shape index (κ2) is 8.46. The van der Waals surface area contributed by atoms with Crippen molar-refractivity contribution in [1.29, 1.82) is 0 Å². The lowest BCUT2D eigenvalue weighted by atomic mass is 9.78. The van der Waals surface area contributed by atoms with Gasteiger partial charge in [0.25, 0.3) is 0 Å². The molecule has 2 aliphatic carbocycles. The number of aliphatic hydroxyl groups excluding tert-OH is 2. The molecule has 0 aliphatic heterocycles. The molecule has 0 radical (unpaired) electrons. The highest BCUT2D eigenvalue weighted by Crippen LogP contribution is 2.50. The predicted molar refractivity (Wildman–Crippen MR) is 116 cm³/mol. The highest BCUT2D eigenvalue weighted by atomic mass is 16.3. The lowest BCUT2D eigenvalue weighted by Crippen LogP contribution is -2.13. The maximum absolute atomic E-state index is 9.28. The zero-order valence-electron chi connectivity index (χ0n) is 16.6. The van der Waals surface area contributed by atoms with Crippen LogP contribution in [0.4, 0.5) is 0 Å². The van der Waals surface area contributed by atoms with Crippen LogP contribution in [-0.4, -0.2) is 23.4 Å². The molecule has 0 saturated heterocycles. The van der Waals surface area contributed by atoms with E-state index in [4.69, 9.17) is 0 Å². The number of fused-ring (bicyclic) bond motifs is 2. The third-order valence-corrected chi connectivity index (χ3v) is 6.43. The third-order valence-electron chi connectivity index (χ3n) is 6.43. The summed E-state index contributed by atoms with van der Waals surface area (Å²) in [5, 5.41) is 18.6. The molecule has 2 nitrogen and oxygen atoms in total. The van der Waals surface area contributed by atoms with Crippen LogP contribution in [0, 0.1) is 5.92 Å². The van der Waals surface area contributed by atoms with Gasteiger partial charge < -0.3 is 10.2 Å². The number of hydrogen-bond donors (Lipinski definition) is 2. The minimum Gasteiger partial charge on any atom is -0.396 e. The van der Waals surface area contributed by atoms with Gasteiger partial charge in [0.2, 0.25) is 0 Å². The van der Waals surface area contributed by atoms with Gasteiger partial charge in [-0.15, -0.1) is 0 Å². The van der Waals surface area contributed by atoms with Crippen molar-refractivity contribution < 1.29 is 10.2 Å². The first-order valence-corrected chi connectivity index (χ1v) is 10.6. The van der Waals surface area contributed by atoms with E-state index in [0.717, 1.165) is 25.7 Å². The van der Waals surface area contributed by atoms with Crippen LogP contribution in [0.3, 0.4) is 0 Å². The van der Waals surface area contributed by atoms with E-state index in [1.807, 2.05) is 0 Å². The van der Waals surface area contributed by atoms with Crippen molar-refractivity contribution in [1.82, 2.24) is 0 Å². The lowest BCUT2D eigenvalue weighted by Gasteiger charge is -2.25. The summed E-state index contributed by atoms with van der Waals surface area (Å²) >= 11 is 0. The fourth-order valence-corrected chi connectivity index (χ4v) is 5.02. The van der Waals surface area contributed by atoms with Crippen molar-refractivity contribution >= 4 is 11.1 Å². The van der Waals surface area contributed by atoms with Crippen LogP contribution in [0.15, 0.2) is 60.7 Å². The summed E-state index contributed by atoms with van der Waals surface area (Å²) in [6, 6.07) is 17.5. The Morgan fingerprint density at radius 2 is 1.14 bits per heavy atom. The summed E-state index contributed by atoms with van der Waals surface area (Å²) in [7, 11) is 0. The van der Waals surface area contributed by atoms with Gasteiger partial charge in [-0.25, -0.2) is 0 Å². The zero-order valence-corrected chi connectivity index (χ0v) is 16.6. The highest BCUT2D eigenvalue weighted by molar-refractivity contribution is 5.77. The molecule has 0 saturated carbocycles. The maximum atomic E-state index is 9.28. The topological polar surface area (TPSA) is 40.5 Å². The molecule has 0 amide bonds. The van der Waals surface area contributed by atoms with Gasteiger partial charge in [0, 0.05) is 25.0 Å². The monoisotopic (exact) mass is 374 g/mol. The Labute approximate surface area is 168 Å². The van der Waals surface area contributed by atoms with Crippen LogP contribution in [0.25, 0.3) is 11.1 Å². The summed E-state index contributed by atoms with van der Waals surface area (Å²) in [4.78, 5) is 0. The van der Waals surface area contributed by atoms with Gasteiger partial charge in [-0.2, -0.15) is 0 Å². The van der Waals surface area contributed by atoms with Gasteiger partial charge in [0.15, 0.2) is 0 Å². The summed E-state index contributed by atoms with van der Waals surface area (Å²) in [5.74, 6) is 1.26. The van der Waals surface area contributed by atoms with E-state index in [1.165, 1.54) is 33.4 Å². The Kier molecular flexibility index (Phi) is 5.79. The molecule has 2 aromatic carbocycles. The largest absolute Gasteiger partial charge is 0.396 e. The fraction of sp³-hybridized carbons (Fsp3) is 0.385. The second-order valence-corrected chi connectivity index (χ2v) is 8.12. The van der Waals surface area contributed by atoms with E-state index in [0.29, 0.717) is 17.8 Å². The lowest BCUT2D eigenvalue weighted by molar-refractivity contribution is 0.290. The highest BCUT2D eigenvalue weighted by Gasteiger charge is 2.34. The number of aliphatic hydroxyl groups is 2. The van der Waals surface area contributed by atoms with E-state index in [1.54, 1.807) is 0 Å². The number of hydrogen-bond acceptors (Lipinski definition) is 2. The summed E-state index contributed by atoms with van der Waals surface area (Å²) in [6.45, 7) is 2.86. The van der Waals surface area contributed by atoms with E-state index >= 15 is 0 Å². The van der Waals surface area contributed by atoms with Crippen molar-refractivity contribution in [3.05, 3.63) is 82.9 Å². The molecule has 2 heteroatoms. The fourth-order valence-electron chi connectivity index (χ4n) is 5.02. The van der Waals surface area contributed by atoms with Gasteiger partial charge in [0.05, 0.1) is 0 Å². The first kappa shape index (κ1) is 19.2. The van der Waals surface area contributed by atoms with Crippen molar-refractivity contribution in [3.63, 3.8) is 0 Å². The molecular formula is C26H30O2. The van der Waals surface area contributed by atoms with Gasteiger partial charge in [-0.3, -0.25) is 0 Å². The standard InChI is InChI=1S/C26H30O2/c1-18(25-16-19(8-6-14-27)21-10-2-4-12-23(21)25)26-17-20(9-7-15-28)22-11-3-5-13-24(22)26/h2-5,10-13,16-18,25-28H,6-9,14-15H2,1H3. The van der Waals surface area contributed by atoms with Crippen LogP contribution in [0.2, 0.25) is 0 Å². The SMILES string of the molecule is CC(C1C=C(CCCO)c2ccccc21)C1C=C(CCCO)c2ccccc21. The molecule has 2 aliphatic rings. The molecule has 0 spiro atoms. The summed E-state index contributed by atoms with van der Waals surface area (Å²) in [5.41, 5.74) is 8.36. The molecule has 0 heterocycles. The average molecular weight is 375 g/mol. The Morgan fingerprint density at radius 1 is 0.714 bits per heavy atom. The molecule has 0 bridgehead atoms. The van der Waals surface area contributed by atoms with Gasteiger partial charge in [-0.05, 0) is 65.0 Å². The van der Waals surface area contributed by atoms with Crippen molar-refractivity contribution in [3.8, 4) is 0 Å². The van der Waals surface area contributed by atoms with Crippen LogP contribution in [-0.2, 0) is 0 Å². The maximum Gasteiger partial charge on any atom is 0.0434 e. The first-order valence-electron chi connectivity index (χ1n) is 10.6. The minimum absolute atomic E-state index is 0.243. The number of benzene rings is 2. The molecule has 146 valence electrons. The van der Waals surface area contributed by atoms with Gasteiger partial charge in [-0.1, -0.05) is 67.6 Å². The molecule has 2 aromatic rings. The average Bonchev–Trinajstić information content (AvgIpc) is 3.29. The Hall–Kier alpha value is -2.16. The van der Waals surface area contributed by atoms with E-state index in [2.05, 4.69) is 67.6 Å².